The van der Waals surface area contributed by atoms with Crippen LogP contribution in [0, 0.1) is 6.92 Å². The van der Waals surface area contributed by atoms with E-state index in [2.05, 4.69) is 13.0 Å². The van der Waals surface area contributed by atoms with Crippen LogP contribution in [0.3, 0.4) is 0 Å². The second kappa shape index (κ2) is 12.1. The zero-order valence-electron chi connectivity index (χ0n) is 24.5. The Morgan fingerprint density at radius 3 is 2.63 bits per heavy atom. The number of ether oxygens (including phenoxy) is 2. The van der Waals surface area contributed by atoms with E-state index < -0.39 is 0 Å². The molecular formula is C33H38N4O4. The first kappa shape index (κ1) is 28.4. The molecule has 2 amide bonds. The van der Waals surface area contributed by atoms with E-state index in [9.17, 15) is 9.59 Å². The number of hydrogen-bond donors (Lipinski definition) is 0. The third kappa shape index (κ3) is 5.57. The van der Waals surface area contributed by atoms with Gasteiger partial charge in [-0.2, -0.15) is 0 Å². The normalized spacial score (nSPS) is 15.9. The number of carbonyl (C=O) groups is 2. The van der Waals surface area contributed by atoms with Crippen molar-refractivity contribution >= 4 is 34.2 Å². The van der Waals surface area contributed by atoms with Crippen LogP contribution in [-0.2, 0) is 27.3 Å². The molecule has 0 saturated carbocycles. The lowest BCUT2D eigenvalue weighted by atomic mass is 10.0. The van der Waals surface area contributed by atoms with Crippen molar-refractivity contribution in [2.45, 2.75) is 52.1 Å². The van der Waals surface area contributed by atoms with Crippen molar-refractivity contribution in [2.24, 2.45) is 0 Å². The molecule has 1 fully saturated rings. The van der Waals surface area contributed by atoms with E-state index in [0.717, 1.165) is 45.8 Å². The average molecular weight is 555 g/mol. The van der Waals surface area contributed by atoms with E-state index >= 15 is 0 Å². The lowest BCUT2D eigenvalue weighted by Crippen LogP contribution is -2.44. The van der Waals surface area contributed by atoms with Gasteiger partial charge >= 0.3 is 0 Å². The number of carbonyl (C=O) groups excluding carboxylic acids is 2. The summed E-state index contributed by atoms with van der Waals surface area (Å²) in [5.74, 6) is 1.26. The summed E-state index contributed by atoms with van der Waals surface area (Å²) in [6, 6.07) is 21.4. The molecule has 3 aromatic carbocycles. The van der Waals surface area contributed by atoms with Gasteiger partial charge in [-0.15, -0.1) is 0 Å². The molecule has 2 heterocycles. The van der Waals surface area contributed by atoms with Crippen LogP contribution in [0.15, 0.2) is 66.7 Å². The molecule has 0 unspecified atom stereocenters. The van der Waals surface area contributed by atoms with Crippen LogP contribution in [0.25, 0.3) is 11.0 Å². The number of anilines is 2. The van der Waals surface area contributed by atoms with Crippen molar-refractivity contribution in [3.8, 4) is 5.75 Å². The van der Waals surface area contributed by atoms with Crippen molar-refractivity contribution in [1.29, 1.82) is 0 Å². The number of aromatic nitrogens is 2. The summed E-state index contributed by atoms with van der Waals surface area (Å²) in [4.78, 5) is 36.2. The Labute approximate surface area is 241 Å². The summed E-state index contributed by atoms with van der Waals surface area (Å²) in [5.41, 5.74) is 5.59. The van der Waals surface area contributed by atoms with Crippen LogP contribution < -0.4 is 14.5 Å². The first-order valence-electron chi connectivity index (χ1n) is 14.1. The number of benzene rings is 3. The number of hydrogen-bond acceptors (Lipinski definition) is 5. The quantitative estimate of drug-likeness (QED) is 0.259. The van der Waals surface area contributed by atoms with E-state index in [4.69, 9.17) is 14.5 Å². The maximum absolute atomic E-state index is 14.3. The Hall–Kier alpha value is -4.17. The zero-order chi connectivity index (χ0) is 29.1. The number of aryl methyl sites for hydroxylation is 2. The first-order chi connectivity index (χ1) is 19.9. The van der Waals surface area contributed by atoms with Gasteiger partial charge in [-0.1, -0.05) is 43.3 Å². The van der Waals surface area contributed by atoms with Gasteiger partial charge in [-0.05, 0) is 55.7 Å². The van der Waals surface area contributed by atoms with Crippen molar-refractivity contribution in [3.63, 3.8) is 0 Å². The van der Waals surface area contributed by atoms with E-state index in [1.165, 1.54) is 0 Å². The number of fused-ring (bicyclic) bond motifs is 1. The molecule has 0 bridgehead atoms. The van der Waals surface area contributed by atoms with Crippen molar-refractivity contribution < 1.29 is 19.1 Å². The molecular weight excluding hydrogens is 516 g/mol. The van der Waals surface area contributed by atoms with E-state index in [0.29, 0.717) is 25.3 Å². The maximum atomic E-state index is 14.3. The summed E-state index contributed by atoms with van der Waals surface area (Å²) >= 11 is 0. The molecule has 0 N–H and O–H groups in total. The SMILES string of the molecule is CCc1cccc(C)c1N(C(=O)Cn1c([C@H]2CC(=O)N(c3cccc(OC)c3)C2)nc2ccccc21)[C@@H](C)COC. The molecule has 8 nitrogen and oxygen atoms in total. The summed E-state index contributed by atoms with van der Waals surface area (Å²) in [7, 11) is 3.27. The van der Waals surface area contributed by atoms with Gasteiger partial charge < -0.3 is 23.8 Å². The minimum absolute atomic E-state index is 0.0241. The van der Waals surface area contributed by atoms with Gasteiger partial charge in [0, 0.05) is 37.7 Å². The summed E-state index contributed by atoms with van der Waals surface area (Å²) < 4.78 is 12.9. The Bertz CT molecular complexity index is 1560. The highest BCUT2D eigenvalue weighted by atomic mass is 16.5. The van der Waals surface area contributed by atoms with Gasteiger partial charge in [-0.3, -0.25) is 9.59 Å². The highest BCUT2D eigenvalue weighted by Crippen LogP contribution is 2.35. The number of amides is 2. The van der Waals surface area contributed by atoms with Crippen molar-refractivity contribution in [2.75, 3.05) is 37.2 Å². The molecule has 1 saturated heterocycles. The molecule has 1 aliphatic rings. The van der Waals surface area contributed by atoms with Gasteiger partial charge in [-0.25, -0.2) is 4.98 Å². The number of para-hydroxylation sites is 3. The predicted octanol–water partition coefficient (Wildman–Crippen LogP) is 5.50. The third-order valence-electron chi connectivity index (χ3n) is 7.89. The molecule has 1 aliphatic heterocycles. The minimum atomic E-state index is -0.172. The number of rotatable bonds is 10. The maximum Gasteiger partial charge on any atom is 0.247 e. The summed E-state index contributed by atoms with van der Waals surface area (Å²) in [6.07, 6.45) is 1.13. The van der Waals surface area contributed by atoms with Crippen LogP contribution in [0.4, 0.5) is 11.4 Å². The average Bonchev–Trinajstić information content (AvgIpc) is 3.54. The van der Waals surface area contributed by atoms with Crippen LogP contribution in [0.2, 0.25) is 0 Å². The van der Waals surface area contributed by atoms with Gasteiger partial charge in [0.2, 0.25) is 11.8 Å². The Balaban J connectivity index is 1.53. The molecule has 4 aromatic rings. The number of nitrogens with zero attached hydrogens (tertiary/aromatic N) is 4. The van der Waals surface area contributed by atoms with Crippen LogP contribution in [-0.4, -0.2) is 54.8 Å². The molecule has 0 spiro atoms. The fourth-order valence-corrected chi connectivity index (χ4v) is 5.95. The van der Waals surface area contributed by atoms with E-state index in [1.54, 1.807) is 19.1 Å². The van der Waals surface area contributed by atoms with Crippen LogP contribution in [0.1, 0.15) is 43.1 Å². The van der Waals surface area contributed by atoms with E-state index in [-0.39, 0.29) is 30.3 Å². The Morgan fingerprint density at radius 2 is 1.88 bits per heavy atom. The monoisotopic (exact) mass is 554 g/mol. The Morgan fingerprint density at radius 1 is 1.10 bits per heavy atom. The van der Waals surface area contributed by atoms with Crippen LogP contribution >= 0.6 is 0 Å². The third-order valence-corrected chi connectivity index (χ3v) is 7.89. The lowest BCUT2D eigenvalue weighted by molar-refractivity contribution is -0.120. The van der Waals surface area contributed by atoms with Gasteiger partial charge in [0.15, 0.2) is 0 Å². The summed E-state index contributed by atoms with van der Waals surface area (Å²) in [6.45, 7) is 7.16. The highest BCUT2D eigenvalue weighted by Gasteiger charge is 2.36. The molecule has 1 aromatic heterocycles. The lowest BCUT2D eigenvalue weighted by Gasteiger charge is -2.32. The van der Waals surface area contributed by atoms with Gasteiger partial charge in [0.05, 0.1) is 36.5 Å². The standard InChI is InChI=1S/C33H38N4O4/c1-6-24-12-9-11-22(2)32(24)37(23(3)21-40-4)31(39)20-36-29-16-8-7-15-28(29)34-33(36)25-17-30(38)35(19-25)26-13-10-14-27(18-26)41-5/h7-16,18,23,25H,6,17,19-21H2,1-5H3/t23-,25-/m0/s1. The Kier molecular flexibility index (Phi) is 8.40. The smallest absolute Gasteiger partial charge is 0.247 e. The van der Waals surface area contributed by atoms with E-state index in [1.807, 2.05) is 84.0 Å². The van der Waals surface area contributed by atoms with Gasteiger partial charge in [0.25, 0.3) is 0 Å². The van der Waals surface area contributed by atoms with Gasteiger partial charge in [0.1, 0.15) is 18.1 Å². The zero-order valence-corrected chi connectivity index (χ0v) is 24.5. The van der Waals surface area contributed by atoms with Crippen LogP contribution in [0.5, 0.6) is 5.75 Å². The summed E-state index contributed by atoms with van der Waals surface area (Å²) in [5, 5.41) is 0. The first-order valence-corrected chi connectivity index (χ1v) is 14.1. The van der Waals surface area contributed by atoms with Crippen molar-refractivity contribution in [3.05, 3.63) is 83.7 Å². The molecule has 2 atom stereocenters. The molecule has 0 aliphatic carbocycles. The molecule has 214 valence electrons. The highest BCUT2D eigenvalue weighted by molar-refractivity contribution is 5.98. The van der Waals surface area contributed by atoms with Crippen molar-refractivity contribution in [1.82, 2.24) is 9.55 Å². The molecule has 5 rings (SSSR count). The second-order valence-corrected chi connectivity index (χ2v) is 10.7. The number of methoxy groups -OCH3 is 2. The fraction of sp³-hybridized carbons (Fsp3) is 0.364. The molecule has 8 heteroatoms. The number of imidazole rings is 1. The minimum Gasteiger partial charge on any atom is -0.497 e. The molecule has 41 heavy (non-hydrogen) atoms. The predicted molar refractivity (Wildman–Crippen MR) is 162 cm³/mol. The largest absolute Gasteiger partial charge is 0.497 e. The topological polar surface area (TPSA) is 76.9 Å². The second-order valence-electron chi connectivity index (χ2n) is 10.7. The fourth-order valence-electron chi connectivity index (χ4n) is 5.95. The molecule has 0 radical (unpaired) electrons.